The van der Waals surface area contributed by atoms with Gasteiger partial charge in [0.2, 0.25) is 0 Å². The van der Waals surface area contributed by atoms with Gasteiger partial charge in [0, 0.05) is 45.5 Å². The molecule has 0 unspecified atom stereocenters. The summed E-state index contributed by atoms with van der Waals surface area (Å²) in [6.07, 6.45) is 10.3. The quantitative estimate of drug-likeness (QED) is 0.713. The Hall–Kier alpha value is -3.03. The fourth-order valence-electron chi connectivity index (χ4n) is 3.43. The number of amides is 1. The van der Waals surface area contributed by atoms with Crippen molar-refractivity contribution in [3.63, 3.8) is 0 Å². The molecule has 4 rings (SSSR count). The molecule has 1 atom stereocenters. The zero-order valence-corrected chi connectivity index (χ0v) is 14.9. The van der Waals surface area contributed by atoms with E-state index in [2.05, 4.69) is 15.1 Å². The number of hydrogen-bond acceptors (Lipinski definition) is 6. The predicted molar refractivity (Wildman–Crippen MR) is 97.2 cm³/mol. The fraction of sp³-hybridized carbons (Fsp3) is 0.389. The number of hydrogen-bond donors (Lipinski definition) is 0. The highest BCUT2D eigenvalue weighted by Crippen LogP contribution is 2.29. The topological polar surface area (TPSA) is 79.5 Å². The maximum atomic E-state index is 12.7. The fourth-order valence-corrected chi connectivity index (χ4v) is 3.43. The van der Waals surface area contributed by atoms with E-state index in [1.54, 1.807) is 18.6 Å². The third-order valence-corrected chi connectivity index (χ3v) is 4.72. The van der Waals surface area contributed by atoms with E-state index in [4.69, 9.17) is 4.98 Å². The molecular weight excluding hydrogens is 330 g/mol. The molecule has 134 valence electrons. The Morgan fingerprint density at radius 2 is 2.15 bits per heavy atom. The molecule has 8 heteroatoms. The third kappa shape index (κ3) is 2.98. The predicted octanol–water partition coefficient (Wildman–Crippen LogP) is 1.61. The van der Waals surface area contributed by atoms with Crippen LogP contribution >= 0.6 is 0 Å². The number of rotatable bonds is 3. The van der Waals surface area contributed by atoms with Crippen molar-refractivity contribution in [3.8, 4) is 0 Å². The first-order chi connectivity index (χ1) is 12.6. The minimum Gasteiger partial charge on any atom is -0.361 e. The second-order valence-electron chi connectivity index (χ2n) is 6.73. The van der Waals surface area contributed by atoms with E-state index in [0.717, 1.165) is 36.4 Å². The molecule has 1 aliphatic rings. The van der Waals surface area contributed by atoms with Gasteiger partial charge in [-0.05, 0) is 18.9 Å². The lowest BCUT2D eigenvalue weighted by Crippen LogP contribution is -2.39. The van der Waals surface area contributed by atoms with Gasteiger partial charge in [0.15, 0.2) is 5.82 Å². The summed E-state index contributed by atoms with van der Waals surface area (Å²) in [6.45, 7) is 1.36. The van der Waals surface area contributed by atoms with E-state index in [1.165, 1.54) is 6.20 Å². The summed E-state index contributed by atoms with van der Waals surface area (Å²) in [5.41, 5.74) is 2.32. The van der Waals surface area contributed by atoms with Crippen molar-refractivity contribution in [2.45, 2.75) is 18.8 Å². The van der Waals surface area contributed by atoms with Gasteiger partial charge in [-0.3, -0.25) is 9.78 Å². The van der Waals surface area contributed by atoms with Gasteiger partial charge >= 0.3 is 0 Å². The van der Waals surface area contributed by atoms with Gasteiger partial charge in [-0.1, -0.05) is 0 Å². The first kappa shape index (κ1) is 16.4. The van der Waals surface area contributed by atoms with Crippen LogP contribution < -0.4 is 4.90 Å². The lowest BCUT2D eigenvalue weighted by Gasteiger charge is -2.32. The molecule has 1 amide bonds. The summed E-state index contributed by atoms with van der Waals surface area (Å²) in [6, 6.07) is 1.96. The molecule has 0 spiro atoms. The van der Waals surface area contributed by atoms with E-state index < -0.39 is 0 Å². The van der Waals surface area contributed by atoms with Crippen molar-refractivity contribution in [2.75, 3.05) is 32.1 Å². The van der Waals surface area contributed by atoms with Gasteiger partial charge in [-0.15, -0.1) is 0 Å². The Balaban J connectivity index is 1.62. The number of piperidine rings is 1. The largest absolute Gasteiger partial charge is 0.361 e. The van der Waals surface area contributed by atoms with Crippen molar-refractivity contribution in [1.29, 1.82) is 0 Å². The highest BCUT2D eigenvalue weighted by Gasteiger charge is 2.28. The van der Waals surface area contributed by atoms with Gasteiger partial charge < -0.3 is 9.80 Å². The highest BCUT2D eigenvalue weighted by molar-refractivity contribution is 5.92. The average Bonchev–Trinajstić information content (AvgIpc) is 3.16. The molecule has 3 aromatic rings. The average molecular weight is 351 g/mol. The van der Waals surface area contributed by atoms with Crippen LogP contribution in [0, 0.1) is 0 Å². The number of nitrogens with zero attached hydrogens (tertiary/aromatic N) is 7. The molecule has 0 bridgehead atoms. The van der Waals surface area contributed by atoms with Gasteiger partial charge in [-0.2, -0.15) is 5.10 Å². The SMILES string of the molecule is CN(C)c1nc([C@@H]2CCCN(C(=O)c3cnccn3)C2)cn2nccc12. The van der Waals surface area contributed by atoms with Crippen molar-refractivity contribution < 1.29 is 4.79 Å². The Bertz CT molecular complexity index is 922. The summed E-state index contributed by atoms with van der Waals surface area (Å²) < 4.78 is 1.86. The number of carbonyl (C=O) groups excluding carboxylic acids is 1. The molecule has 0 aliphatic carbocycles. The van der Waals surface area contributed by atoms with E-state index in [9.17, 15) is 4.79 Å². The van der Waals surface area contributed by atoms with Gasteiger partial charge in [0.25, 0.3) is 5.91 Å². The molecule has 1 fully saturated rings. The van der Waals surface area contributed by atoms with Crippen LogP contribution in [0.5, 0.6) is 0 Å². The van der Waals surface area contributed by atoms with E-state index >= 15 is 0 Å². The molecule has 0 N–H and O–H groups in total. The highest BCUT2D eigenvalue weighted by atomic mass is 16.2. The second kappa shape index (κ2) is 6.70. The second-order valence-corrected chi connectivity index (χ2v) is 6.73. The van der Waals surface area contributed by atoms with Crippen LogP contribution in [-0.4, -0.2) is 62.6 Å². The van der Waals surface area contributed by atoms with Crippen LogP contribution in [0.15, 0.2) is 37.1 Å². The lowest BCUT2D eigenvalue weighted by molar-refractivity contribution is 0.0699. The summed E-state index contributed by atoms with van der Waals surface area (Å²) in [5.74, 6) is 0.991. The number of aromatic nitrogens is 5. The molecule has 1 saturated heterocycles. The molecule has 0 radical (unpaired) electrons. The van der Waals surface area contributed by atoms with Crippen molar-refractivity contribution in [2.24, 2.45) is 0 Å². The zero-order valence-electron chi connectivity index (χ0n) is 14.9. The van der Waals surface area contributed by atoms with Crippen LogP contribution in [-0.2, 0) is 0 Å². The van der Waals surface area contributed by atoms with Gasteiger partial charge in [-0.25, -0.2) is 14.5 Å². The van der Waals surface area contributed by atoms with Gasteiger partial charge in [0.1, 0.15) is 11.2 Å². The van der Waals surface area contributed by atoms with E-state index in [0.29, 0.717) is 12.2 Å². The minimum absolute atomic E-state index is 0.0733. The van der Waals surface area contributed by atoms with Crippen LogP contribution in [0.1, 0.15) is 34.9 Å². The smallest absolute Gasteiger partial charge is 0.274 e. The molecule has 0 saturated carbocycles. The molecule has 8 nitrogen and oxygen atoms in total. The Labute approximate surface area is 151 Å². The summed E-state index contributed by atoms with van der Waals surface area (Å²) >= 11 is 0. The van der Waals surface area contributed by atoms with Crippen LogP contribution in [0.4, 0.5) is 5.82 Å². The molecular formula is C18H21N7O. The first-order valence-electron chi connectivity index (χ1n) is 8.70. The van der Waals surface area contributed by atoms with Crippen LogP contribution in [0.3, 0.4) is 0 Å². The monoisotopic (exact) mass is 351 g/mol. The molecule has 0 aromatic carbocycles. The maximum Gasteiger partial charge on any atom is 0.274 e. The Morgan fingerprint density at radius 3 is 2.92 bits per heavy atom. The van der Waals surface area contributed by atoms with Crippen molar-refractivity contribution in [1.82, 2.24) is 29.5 Å². The number of fused-ring (bicyclic) bond motifs is 1. The summed E-state index contributed by atoms with van der Waals surface area (Å²) in [5, 5.41) is 4.37. The van der Waals surface area contributed by atoms with E-state index in [-0.39, 0.29) is 11.8 Å². The van der Waals surface area contributed by atoms with Gasteiger partial charge in [0.05, 0.1) is 24.3 Å². The number of likely N-dealkylation sites (tertiary alicyclic amines) is 1. The Morgan fingerprint density at radius 1 is 1.27 bits per heavy atom. The summed E-state index contributed by atoms with van der Waals surface area (Å²) in [4.78, 5) is 29.5. The lowest BCUT2D eigenvalue weighted by atomic mass is 9.94. The molecule has 26 heavy (non-hydrogen) atoms. The number of carbonyl (C=O) groups is 1. The molecule has 1 aliphatic heterocycles. The van der Waals surface area contributed by atoms with Crippen LogP contribution in [0.25, 0.3) is 5.52 Å². The molecule has 3 aromatic heterocycles. The number of anilines is 1. The van der Waals surface area contributed by atoms with Crippen molar-refractivity contribution >= 4 is 17.2 Å². The maximum absolute atomic E-state index is 12.7. The summed E-state index contributed by atoms with van der Waals surface area (Å²) in [7, 11) is 3.95. The van der Waals surface area contributed by atoms with Crippen LogP contribution in [0.2, 0.25) is 0 Å². The molecule has 4 heterocycles. The standard InChI is InChI=1S/C18H21N7O/c1-23(2)17-16-5-6-21-25(16)12-15(22-17)13-4-3-9-24(11-13)18(26)14-10-19-7-8-20-14/h5-8,10,12-13H,3-4,9,11H2,1-2H3/t13-/m1/s1. The Kier molecular flexibility index (Phi) is 4.24. The third-order valence-electron chi connectivity index (χ3n) is 4.72. The minimum atomic E-state index is -0.0733. The van der Waals surface area contributed by atoms with E-state index in [1.807, 2.05) is 40.7 Å². The normalized spacial score (nSPS) is 17.5. The first-order valence-corrected chi connectivity index (χ1v) is 8.70. The van der Waals surface area contributed by atoms with Crippen molar-refractivity contribution in [3.05, 3.63) is 48.4 Å². The zero-order chi connectivity index (χ0) is 18.1.